The van der Waals surface area contributed by atoms with Crippen LogP contribution in [0.25, 0.3) is 0 Å². The summed E-state index contributed by atoms with van der Waals surface area (Å²) >= 11 is 0. The lowest BCUT2D eigenvalue weighted by atomic mass is 10.2. The molecule has 2 rings (SSSR count). The Hall–Kier alpha value is -0.840. The average Bonchev–Trinajstić information content (AvgIpc) is 2.64. The highest BCUT2D eigenvalue weighted by Gasteiger charge is 2.18. The molecule has 4 nitrogen and oxygen atoms in total. The van der Waals surface area contributed by atoms with Crippen LogP contribution in [0.3, 0.4) is 0 Å². The van der Waals surface area contributed by atoms with Crippen LogP contribution in [-0.2, 0) is 16.1 Å². The number of furan rings is 1. The molecule has 4 heteroatoms. The molecule has 1 saturated heterocycles. The third-order valence-corrected chi connectivity index (χ3v) is 2.57. The monoisotopic (exact) mass is 225 g/mol. The second-order valence-corrected chi connectivity index (χ2v) is 4.25. The Morgan fingerprint density at radius 3 is 3.00 bits per heavy atom. The molecule has 2 heterocycles. The van der Waals surface area contributed by atoms with Gasteiger partial charge in [-0.05, 0) is 26.0 Å². The molecule has 0 spiro atoms. The number of aryl methyl sites for hydroxylation is 1. The normalized spacial score (nSPS) is 25.9. The van der Waals surface area contributed by atoms with E-state index in [0.29, 0.717) is 13.2 Å². The Labute approximate surface area is 95.9 Å². The minimum absolute atomic E-state index is 0.153. The number of ether oxygens (including phenoxy) is 2. The number of morpholine rings is 1. The third kappa shape index (κ3) is 3.33. The maximum atomic E-state index is 5.71. The first-order valence-electron chi connectivity index (χ1n) is 5.73. The van der Waals surface area contributed by atoms with Gasteiger partial charge in [-0.25, -0.2) is 0 Å². The molecule has 0 radical (unpaired) electrons. The zero-order chi connectivity index (χ0) is 11.4. The Kier molecular flexibility index (Phi) is 3.98. The van der Waals surface area contributed by atoms with Gasteiger partial charge in [-0.3, -0.25) is 0 Å². The molecule has 2 unspecified atom stereocenters. The van der Waals surface area contributed by atoms with Crippen molar-refractivity contribution in [3.05, 3.63) is 23.7 Å². The van der Waals surface area contributed by atoms with Crippen LogP contribution in [0.1, 0.15) is 18.4 Å². The predicted molar refractivity (Wildman–Crippen MR) is 60.3 cm³/mol. The highest BCUT2D eigenvalue weighted by Crippen LogP contribution is 2.09. The first kappa shape index (κ1) is 11.6. The van der Waals surface area contributed by atoms with E-state index in [2.05, 4.69) is 12.2 Å². The van der Waals surface area contributed by atoms with Crippen LogP contribution in [0.15, 0.2) is 16.5 Å². The van der Waals surface area contributed by atoms with E-state index < -0.39 is 0 Å². The largest absolute Gasteiger partial charge is 0.464 e. The van der Waals surface area contributed by atoms with Crippen molar-refractivity contribution in [2.45, 2.75) is 32.7 Å². The lowest BCUT2D eigenvalue weighted by Gasteiger charge is -2.28. The molecule has 1 aromatic rings. The van der Waals surface area contributed by atoms with Gasteiger partial charge in [-0.1, -0.05) is 0 Å². The van der Waals surface area contributed by atoms with E-state index in [0.717, 1.165) is 24.6 Å². The van der Waals surface area contributed by atoms with E-state index in [-0.39, 0.29) is 12.2 Å². The van der Waals surface area contributed by atoms with E-state index in [1.807, 2.05) is 19.1 Å². The van der Waals surface area contributed by atoms with Crippen molar-refractivity contribution in [1.29, 1.82) is 0 Å². The van der Waals surface area contributed by atoms with Gasteiger partial charge in [-0.2, -0.15) is 0 Å². The molecule has 1 N–H and O–H groups in total. The van der Waals surface area contributed by atoms with Crippen LogP contribution in [0.2, 0.25) is 0 Å². The molecule has 0 saturated carbocycles. The fourth-order valence-electron chi connectivity index (χ4n) is 1.82. The maximum Gasteiger partial charge on any atom is 0.129 e. The lowest BCUT2D eigenvalue weighted by Crippen LogP contribution is -2.45. The van der Waals surface area contributed by atoms with Crippen molar-refractivity contribution in [1.82, 2.24) is 5.32 Å². The van der Waals surface area contributed by atoms with Crippen molar-refractivity contribution < 1.29 is 13.9 Å². The summed E-state index contributed by atoms with van der Waals surface area (Å²) in [6.45, 7) is 6.91. The van der Waals surface area contributed by atoms with Crippen LogP contribution < -0.4 is 5.32 Å². The predicted octanol–water partition coefficient (Wildman–Crippen LogP) is 1.48. The third-order valence-electron chi connectivity index (χ3n) is 2.57. The SMILES string of the molecule is Cc1ccc(COCC2CNCC(C)O2)o1. The van der Waals surface area contributed by atoms with Gasteiger partial charge >= 0.3 is 0 Å². The number of hydrogen-bond acceptors (Lipinski definition) is 4. The molecule has 0 aliphatic carbocycles. The minimum Gasteiger partial charge on any atom is -0.464 e. The summed E-state index contributed by atoms with van der Waals surface area (Å²) in [4.78, 5) is 0. The van der Waals surface area contributed by atoms with E-state index in [9.17, 15) is 0 Å². The molecule has 1 fully saturated rings. The highest BCUT2D eigenvalue weighted by molar-refractivity contribution is 5.04. The summed E-state index contributed by atoms with van der Waals surface area (Å²) < 4.78 is 16.7. The van der Waals surface area contributed by atoms with Crippen molar-refractivity contribution in [3.63, 3.8) is 0 Å². The zero-order valence-electron chi connectivity index (χ0n) is 9.86. The van der Waals surface area contributed by atoms with Gasteiger partial charge in [0.15, 0.2) is 0 Å². The molecule has 1 aromatic heterocycles. The number of rotatable bonds is 4. The number of hydrogen-bond donors (Lipinski definition) is 1. The van der Waals surface area contributed by atoms with Gasteiger partial charge in [0.25, 0.3) is 0 Å². The summed E-state index contributed by atoms with van der Waals surface area (Å²) in [6, 6.07) is 3.89. The molecule has 0 aromatic carbocycles. The summed E-state index contributed by atoms with van der Waals surface area (Å²) in [5, 5.41) is 3.31. The molecular formula is C12H19NO3. The van der Waals surface area contributed by atoms with Crippen LogP contribution >= 0.6 is 0 Å². The molecular weight excluding hydrogens is 206 g/mol. The van der Waals surface area contributed by atoms with E-state index in [1.165, 1.54) is 0 Å². The van der Waals surface area contributed by atoms with Gasteiger partial charge < -0.3 is 19.2 Å². The van der Waals surface area contributed by atoms with Gasteiger partial charge in [0.2, 0.25) is 0 Å². The molecule has 1 aliphatic rings. The number of nitrogens with one attached hydrogen (secondary N) is 1. The van der Waals surface area contributed by atoms with E-state index in [4.69, 9.17) is 13.9 Å². The standard InChI is InChI=1S/C12H19NO3/c1-9-3-4-11(15-9)7-14-8-12-6-13-5-10(2)16-12/h3-4,10,12-13H,5-8H2,1-2H3. The Balaban J connectivity index is 1.67. The van der Waals surface area contributed by atoms with Crippen LogP contribution in [0, 0.1) is 6.92 Å². The van der Waals surface area contributed by atoms with Gasteiger partial charge in [0.05, 0.1) is 18.8 Å². The molecule has 1 aliphatic heterocycles. The molecule has 0 amide bonds. The first-order valence-corrected chi connectivity index (χ1v) is 5.73. The molecule has 0 bridgehead atoms. The quantitative estimate of drug-likeness (QED) is 0.843. The first-order chi connectivity index (χ1) is 7.74. The fraction of sp³-hybridized carbons (Fsp3) is 0.667. The van der Waals surface area contributed by atoms with Crippen molar-refractivity contribution in [3.8, 4) is 0 Å². The molecule has 2 atom stereocenters. The fourth-order valence-corrected chi connectivity index (χ4v) is 1.82. The van der Waals surface area contributed by atoms with Crippen molar-refractivity contribution in [2.24, 2.45) is 0 Å². The van der Waals surface area contributed by atoms with Gasteiger partial charge in [-0.15, -0.1) is 0 Å². The smallest absolute Gasteiger partial charge is 0.129 e. The topological polar surface area (TPSA) is 43.6 Å². The average molecular weight is 225 g/mol. The second-order valence-electron chi connectivity index (χ2n) is 4.25. The van der Waals surface area contributed by atoms with Crippen LogP contribution in [-0.4, -0.2) is 31.9 Å². The summed E-state index contributed by atoms with van der Waals surface area (Å²) in [6.07, 6.45) is 0.424. The van der Waals surface area contributed by atoms with Crippen LogP contribution in [0.4, 0.5) is 0 Å². The molecule has 90 valence electrons. The van der Waals surface area contributed by atoms with Gasteiger partial charge in [0.1, 0.15) is 18.1 Å². The summed E-state index contributed by atoms with van der Waals surface area (Å²) in [5.41, 5.74) is 0. The van der Waals surface area contributed by atoms with E-state index >= 15 is 0 Å². The lowest BCUT2D eigenvalue weighted by molar-refractivity contribution is -0.0733. The minimum atomic E-state index is 0.153. The Bertz CT molecular complexity index is 324. The Morgan fingerprint density at radius 1 is 1.44 bits per heavy atom. The van der Waals surface area contributed by atoms with Crippen molar-refractivity contribution in [2.75, 3.05) is 19.7 Å². The Morgan fingerprint density at radius 2 is 2.31 bits per heavy atom. The van der Waals surface area contributed by atoms with Crippen molar-refractivity contribution >= 4 is 0 Å². The zero-order valence-corrected chi connectivity index (χ0v) is 9.86. The molecule has 16 heavy (non-hydrogen) atoms. The van der Waals surface area contributed by atoms with E-state index in [1.54, 1.807) is 0 Å². The van der Waals surface area contributed by atoms with Crippen LogP contribution in [0.5, 0.6) is 0 Å². The second kappa shape index (κ2) is 5.48. The van der Waals surface area contributed by atoms with Gasteiger partial charge in [0, 0.05) is 13.1 Å². The highest BCUT2D eigenvalue weighted by atomic mass is 16.5. The maximum absolute atomic E-state index is 5.71. The summed E-state index contributed by atoms with van der Waals surface area (Å²) in [7, 11) is 0. The summed E-state index contributed by atoms with van der Waals surface area (Å²) in [5.74, 6) is 1.79.